The highest BCUT2D eigenvalue weighted by atomic mass is 15.0. The van der Waals surface area contributed by atoms with Gasteiger partial charge in [-0.25, -0.2) is 15.0 Å². The minimum atomic E-state index is -0.272. The summed E-state index contributed by atoms with van der Waals surface area (Å²) in [6, 6.07) is 67.5. The number of benzene rings is 8. The fraction of sp³-hybridized carbons (Fsp3) is 0.0727. The van der Waals surface area contributed by atoms with E-state index in [-0.39, 0.29) is 11.3 Å². The fourth-order valence-corrected chi connectivity index (χ4v) is 10.2. The summed E-state index contributed by atoms with van der Waals surface area (Å²) in [6.45, 7) is 4.83. The number of hydrogen-bond donors (Lipinski definition) is 0. The molecular weight excluding hydrogens is 717 g/mol. The molecule has 0 bridgehead atoms. The molecule has 4 nitrogen and oxygen atoms in total. The van der Waals surface area contributed by atoms with Gasteiger partial charge in [0.2, 0.25) is 0 Å². The summed E-state index contributed by atoms with van der Waals surface area (Å²) in [6.07, 6.45) is 0. The third-order valence-corrected chi connectivity index (χ3v) is 12.7. The third-order valence-electron chi connectivity index (χ3n) is 12.7. The highest BCUT2D eigenvalue weighted by Gasteiger charge is 2.45. The maximum atomic E-state index is 5.14. The zero-order valence-electron chi connectivity index (χ0n) is 32.8. The fourth-order valence-electron chi connectivity index (χ4n) is 10.2. The average Bonchev–Trinajstić information content (AvgIpc) is 3.90. The molecule has 0 amide bonds. The maximum Gasteiger partial charge on any atom is 0.164 e. The van der Waals surface area contributed by atoms with Gasteiger partial charge in [-0.05, 0) is 68.3 Å². The van der Waals surface area contributed by atoms with Crippen molar-refractivity contribution in [1.29, 1.82) is 0 Å². The Balaban J connectivity index is 1.19. The van der Waals surface area contributed by atoms with Crippen LogP contribution in [-0.4, -0.2) is 19.5 Å². The van der Waals surface area contributed by atoms with E-state index in [4.69, 9.17) is 15.0 Å². The van der Waals surface area contributed by atoms with E-state index in [0.717, 1.165) is 22.4 Å². The van der Waals surface area contributed by atoms with Crippen LogP contribution in [0, 0.1) is 0 Å². The Morgan fingerprint density at radius 1 is 0.492 bits per heavy atom. The van der Waals surface area contributed by atoms with E-state index < -0.39 is 0 Å². The smallest absolute Gasteiger partial charge is 0.164 e. The molecule has 2 heterocycles. The molecule has 278 valence electrons. The molecule has 12 rings (SSSR count). The Kier molecular flexibility index (Phi) is 7.30. The largest absolute Gasteiger partial charge is 0.309 e. The normalized spacial score (nSPS) is 14.6. The molecule has 1 unspecified atom stereocenters. The van der Waals surface area contributed by atoms with Gasteiger partial charge in [-0.15, -0.1) is 0 Å². The quantitative estimate of drug-likeness (QED) is 0.176. The van der Waals surface area contributed by atoms with E-state index >= 15 is 0 Å². The molecule has 2 aromatic heterocycles. The molecule has 0 aliphatic heterocycles. The van der Waals surface area contributed by atoms with Gasteiger partial charge in [-0.2, -0.15) is 0 Å². The Bertz CT molecular complexity index is 3230. The predicted molar refractivity (Wildman–Crippen MR) is 241 cm³/mol. The summed E-state index contributed by atoms with van der Waals surface area (Å²) in [7, 11) is 0. The summed E-state index contributed by atoms with van der Waals surface area (Å²) >= 11 is 0. The summed E-state index contributed by atoms with van der Waals surface area (Å²) < 4.78 is 2.53. The van der Waals surface area contributed by atoms with Crippen molar-refractivity contribution in [3.05, 3.63) is 216 Å². The first-order valence-electron chi connectivity index (χ1n) is 20.4. The van der Waals surface area contributed by atoms with Gasteiger partial charge >= 0.3 is 0 Å². The number of aromatic nitrogens is 4. The molecule has 0 saturated heterocycles. The van der Waals surface area contributed by atoms with Crippen molar-refractivity contribution in [3.8, 4) is 62.1 Å². The summed E-state index contributed by atoms with van der Waals surface area (Å²) in [4.78, 5) is 15.3. The highest BCUT2D eigenvalue weighted by Crippen LogP contribution is 2.63. The Hall–Kier alpha value is -7.43. The average molecular weight is 755 g/mol. The number of para-hydroxylation sites is 1. The van der Waals surface area contributed by atoms with Crippen LogP contribution in [0.4, 0.5) is 0 Å². The summed E-state index contributed by atoms with van der Waals surface area (Å²) in [5, 5.41) is 2.58. The molecule has 0 spiro atoms. The van der Waals surface area contributed by atoms with Crippen LogP contribution in [0.1, 0.15) is 47.6 Å². The first kappa shape index (κ1) is 33.7. The second kappa shape index (κ2) is 12.8. The molecule has 10 aromatic rings. The number of fused-ring (bicyclic) bond motifs is 12. The van der Waals surface area contributed by atoms with E-state index in [0.29, 0.717) is 17.5 Å². The molecule has 2 aliphatic rings. The molecule has 0 fully saturated rings. The van der Waals surface area contributed by atoms with E-state index in [1.165, 1.54) is 71.9 Å². The molecule has 8 aromatic carbocycles. The van der Waals surface area contributed by atoms with Crippen LogP contribution >= 0.6 is 0 Å². The van der Waals surface area contributed by atoms with Gasteiger partial charge in [0.05, 0.1) is 11.0 Å². The summed E-state index contributed by atoms with van der Waals surface area (Å²) in [5.41, 5.74) is 18.3. The summed E-state index contributed by atoms with van der Waals surface area (Å²) in [5.74, 6) is 2.01. The van der Waals surface area contributed by atoms with E-state index in [9.17, 15) is 0 Å². The van der Waals surface area contributed by atoms with E-state index in [2.05, 4.69) is 170 Å². The minimum absolute atomic E-state index is 0.0784. The number of hydrogen-bond acceptors (Lipinski definition) is 3. The molecule has 2 aliphatic carbocycles. The first-order valence-corrected chi connectivity index (χ1v) is 20.4. The van der Waals surface area contributed by atoms with Crippen LogP contribution in [0.2, 0.25) is 0 Å². The van der Waals surface area contributed by atoms with Crippen molar-refractivity contribution in [2.45, 2.75) is 25.2 Å². The lowest BCUT2D eigenvalue weighted by atomic mass is 9.79. The van der Waals surface area contributed by atoms with Crippen LogP contribution in [0.5, 0.6) is 0 Å². The van der Waals surface area contributed by atoms with Crippen LogP contribution < -0.4 is 0 Å². The van der Waals surface area contributed by atoms with Crippen molar-refractivity contribution in [2.75, 3.05) is 0 Å². The van der Waals surface area contributed by atoms with Crippen LogP contribution in [0.3, 0.4) is 0 Å². The number of rotatable bonds is 5. The topological polar surface area (TPSA) is 43.6 Å². The Morgan fingerprint density at radius 2 is 1.05 bits per heavy atom. The van der Waals surface area contributed by atoms with Crippen LogP contribution in [-0.2, 0) is 5.41 Å². The monoisotopic (exact) mass is 754 g/mol. The first-order chi connectivity index (χ1) is 29.1. The highest BCUT2D eigenvalue weighted by molar-refractivity contribution is 6.20. The minimum Gasteiger partial charge on any atom is -0.309 e. The van der Waals surface area contributed by atoms with Gasteiger partial charge in [0.1, 0.15) is 0 Å². The molecule has 4 heteroatoms. The van der Waals surface area contributed by atoms with Crippen molar-refractivity contribution in [2.24, 2.45) is 0 Å². The third kappa shape index (κ3) is 4.93. The zero-order valence-corrected chi connectivity index (χ0v) is 32.8. The second-order valence-corrected chi connectivity index (χ2v) is 16.3. The Labute approximate surface area is 343 Å². The van der Waals surface area contributed by atoms with Crippen molar-refractivity contribution >= 4 is 21.8 Å². The molecule has 1 atom stereocenters. The van der Waals surface area contributed by atoms with Crippen molar-refractivity contribution in [3.63, 3.8) is 0 Å². The molecule has 0 radical (unpaired) electrons. The SMILES string of the molecule is CC1(C)c2ccccc2-c2c3c(c4c5ccccc5n(-c5cccc(-c6nc(-c7ccccc7)nc(-c7ccccc7)n6)c5)c4c21)C(c1ccccc1)c1ccccc1-3. The standard InChI is InChI=1S/C55H38N4/c1-55(2)43-31-16-14-29-41(43)47-46-40-28-13-12-27-39(40)45(34-19-6-3-7-20-34)49(46)48-42-30-15-17-32-44(42)59(51(48)50(47)55)38-26-18-25-37(33-38)54-57-52(35-21-8-4-9-22-35)56-53(58-54)36-23-10-5-11-24-36/h3-33,45H,1-2H3. The van der Waals surface area contributed by atoms with Crippen molar-refractivity contribution in [1.82, 2.24) is 19.5 Å². The lowest BCUT2D eigenvalue weighted by Crippen LogP contribution is -2.17. The van der Waals surface area contributed by atoms with E-state index in [1.807, 2.05) is 36.4 Å². The zero-order chi connectivity index (χ0) is 39.2. The maximum absolute atomic E-state index is 5.14. The predicted octanol–water partition coefficient (Wildman–Crippen LogP) is 13.4. The van der Waals surface area contributed by atoms with Gasteiger partial charge in [-0.1, -0.05) is 184 Å². The van der Waals surface area contributed by atoms with Gasteiger partial charge in [0.15, 0.2) is 17.5 Å². The molecule has 0 N–H and O–H groups in total. The lowest BCUT2D eigenvalue weighted by Gasteiger charge is -2.25. The number of nitrogens with zero attached hydrogens (tertiary/aromatic N) is 4. The van der Waals surface area contributed by atoms with Gasteiger partial charge in [0, 0.05) is 44.5 Å². The van der Waals surface area contributed by atoms with Crippen molar-refractivity contribution < 1.29 is 0 Å². The second-order valence-electron chi connectivity index (χ2n) is 16.3. The van der Waals surface area contributed by atoms with Crippen LogP contribution in [0.25, 0.3) is 83.9 Å². The lowest BCUT2D eigenvalue weighted by molar-refractivity contribution is 0.664. The molecular formula is C55H38N4. The van der Waals surface area contributed by atoms with E-state index in [1.54, 1.807) is 0 Å². The molecule has 0 saturated carbocycles. The van der Waals surface area contributed by atoms with Gasteiger partial charge in [-0.3, -0.25) is 0 Å². The van der Waals surface area contributed by atoms with Gasteiger partial charge < -0.3 is 4.57 Å². The Morgan fingerprint density at radius 3 is 1.76 bits per heavy atom. The molecule has 59 heavy (non-hydrogen) atoms. The van der Waals surface area contributed by atoms with Gasteiger partial charge in [0.25, 0.3) is 0 Å². The van der Waals surface area contributed by atoms with Crippen LogP contribution in [0.15, 0.2) is 188 Å².